The molecule has 0 saturated heterocycles. The summed E-state index contributed by atoms with van der Waals surface area (Å²) in [5, 5.41) is 5.45. The third-order valence-corrected chi connectivity index (χ3v) is 3.59. The highest BCUT2D eigenvalue weighted by atomic mass is 16.2. The summed E-state index contributed by atoms with van der Waals surface area (Å²) in [4.78, 5) is 27.1. The lowest BCUT2D eigenvalue weighted by molar-refractivity contribution is 0.0784. The standard InChI is InChI=1S/C19H23N3O2/c1-5-11-21(12-6-2)19(24)17-15-9-7-8-10-16(15)18(23)22(20-17)13-14(3)4/h5-10,14H,1-2,11-13H2,3-4H3. The minimum Gasteiger partial charge on any atom is -0.330 e. The molecule has 0 saturated carbocycles. The zero-order chi connectivity index (χ0) is 17.7. The Morgan fingerprint density at radius 2 is 1.79 bits per heavy atom. The Balaban J connectivity index is 2.65. The second kappa shape index (κ2) is 7.73. The average Bonchev–Trinajstić information content (AvgIpc) is 2.56. The molecule has 1 aromatic carbocycles. The van der Waals surface area contributed by atoms with E-state index in [1.54, 1.807) is 41.3 Å². The molecule has 24 heavy (non-hydrogen) atoms. The van der Waals surface area contributed by atoms with Gasteiger partial charge in [-0.25, -0.2) is 4.68 Å². The molecular weight excluding hydrogens is 302 g/mol. The first-order chi connectivity index (χ1) is 11.5. The number of aromatic nitrogens is 2. The zero-order valence-corrected chi connectivity index (χ0v) is 14.2. The number of carbonyl (C=O) groups excluding carboxylic acids is 1. The maximum atomic E-state index is 12.9. The molecule has 0 unspecified atom stereocenters. The van der Waals surface area contributed by atoms with Gasteiger partial charge in [0.2, 0.25) is 0 Å². The van der Waals surface area contributed by atoms with Gasteiger partial charge in [-0.1, -0.05) is 44.2 Å². The summed E-state index contributed by atoms with van der Waals surface area (Å²) in [5.41, 5.74) is 0.115. The highest BCUT2D eigenvalue weighted by Crippen LogP contribution is 2.16. The molecule has 0 bridgehead atoms. The van der Waals surface area contributed by atoms with Crippen LogP contribution in [0.1, 0.15) is 24.3 Å². The van der Waals surface area contributed by atoms with Crippen molar-refractivity contribution in [2.75, 3.05) is 13.1 Å². The molecule has 0 N–H and O–H groups in total. The average molecular weight is 325 g/mol. The van der Waals surface area contributed by atoms with Crippen LogP contribution < -0.4 is 5.56 Å². The molecule has 5 heteroatoms. The van der Waals surface area contributed by atoms with Crippen LogP contribution in [0.5, 0.6) is 0 Å². The van der Waals surface area contributed by atoms with Crippen molar-refractivity contribution in [3.8, 4) is 0 Å². The summed E-state index contributed by atoms with van der Waals surface area (Å²) in [7, 11) is 0. The van der Waals surface area contributed by atoms with E-state index >= 15 is 0 Å². The van der Waals surface area contributed by atoms with E-state index in [1.807, 2.05) is 13.8 Å². The first kappa shape index (κ1) is 17.7. The van der Waals surface area contributed by atoms with Crippen molar-refractivity contribution in [2.24, 2.45) is 5.92 Å². The molecule has 0 radical (unpaired) electrons. The van der Waals surface area contributed by atoms with Crippen LogP contribution >= 0.6 is 0 Å². The third kappa shape index (κ3) is 3.62. The van der Waals surface area contributed by atoms with Crippen LogP contribution in [0.25, 0.3) is 10.8 Å². The second-order valence-corrected chi connectivity index (χ2v) is 6.06. The number of benzene rings is 1. The van der Waals surface area contributed by atoms with E-state index in [9.17, 15) is 9.59 Å². The lowest BCUT2D eigenvalue weighted by atomic mass is 10.1. The Kier molecular flexibility index (Phi) is 5.68. The monoisotopic (exact) mass is 325 g/mol. The van der Waals surface area contributed by atoms with E-state index in [1.165, 1.54) is 4.68 Å². The predicted octanol–water partition coefficient (Wildman–Crippen LogP) is 2.87. The Hall–Kier alpha value is -2.69. The normalized spacial score (nSPS) is 10.8. The van der Waals surface area contributed by atoms with E-state index in [-0.39, 0.29) is 23.1 Å². The molecular formula is C19H23N3O2. The highest BCUT2D eigenvalue weighted by molar-refractivity contribution is 6.04. The quantitative estimate of drug-likeness (QED) is 0.736. The molecule has 0 aliphatic heterocycles. The fourth-order valence-electron chi connectivity index (χ4n) is 2.56. The number of carbonyl (C=O) groups is 1. The SMILES string of the molecule is C=CCN(CC=C)C(=O)c1nn(CC(C)C)c(=O)c2ccccc12. The van der Waals surface area contributed by atoms with Crippen LogP contribution in [0.15, 0.2) is 54.4 Å². The van der Waals surface area contributed by atoms with Gasteiger partial charge in [-0.05, 0) is 12.0 Å². The summed E-state index contributed by atoms with van der Waals surface area (Å²) in [5.74, 6) is 0.0141. The van der Waals surface area contributed by atoms with Crippen molar-refractivity contribution in [3.63, 3.8) is 0 Å². The number of hydrogen-bond acceptors (Lipinski definition) is 3. The summed E-state index contributed by atoms with van der Waals surface area (Å²) in [6, 6.07) is 7.09. The zero-order valence-electron chi connectivity index (χ0n) is 14.2. The molecule has 5 nitrogen and oxygen atoms in total. The number of amides is 1. The number of hydrogen-bond donors (Lipinski definition) is 0. The molecule has 1 aromatic heterocycles. The fraction of sp³-hybridized carbons (Fsp3) is 0.316. The fourth-order valence-corrected chi connectivity index (χ4v) is 2.56. The van der Waals surface area contributed by atoms with Gasteiger partial charge in [0.1, 0.15) is 0 Å². The maximum absolute atomic E-state index is 12.9. The van der Waals surface area contributed by atoms with Gasteiger partial charge in [-0.2, -0.15) is 5.10 Å². The highest BCUT2D eigenvalue weighted by Gasteiger charge is 2.21. The molecule has 126 valence electrons. The van der Waals surface area contributed by atoms with Crippen LogP contribution in [0, 0.1) is 5.92 Å². The van der Waals surface area contributed by atoms with Gasteiger partial charge < -0.3 is 4.90 Å². The van der Waals surface area contributed by atoms with Crippen LogP contribution in [-0.4, -0.2) is 33.7 Å². The second-order valence-electron chi connectivity index (χ2n) is 6.06. The lowest BCUT2D eigenvalue weighted by Gasteiger charge is -2.20. The molecule has 0 aliphatic rings. The largest absolute Gasteiger partial charge is 0.330 e. The molecule has 0 fully saturated rings. The first-order valence-electron chi connectivity index (χ1n) is 8.00. The predicted molar refractivity (Wildman–Crippen MR) is 97.1 cm³/mol. The molecule has 0 spiro atoms. The smallest absolute Gasteiger partial charge is 0.275 e. The van der Waals surface area contributed by atoms with Crippen LogP contribution in [0.4, 0.5) is 0 Å². The van der Waals surface area contributed by atoms with Gasteiger partial charge >= 0.3 is 0 Å². The Morgan fingerprint density at radius 3 is 2.33 bits per heavy atom. The van der Waals surface area contributed by atoms with E-state index in [0.29, 0.717) is 30.4 Å². The van der Waals surface area contributed by atoms with E-state index in [4.69, 9.17) is 0 Å². The van der Waals surface area contributed by atoms with Crippen molar-refractivity contribution >= 4 is 16.7 Å². The maximum Gasteiger partial charge on any atom is 0.275 e. The van der Waals surface area contributed by atoms with Crippen molar-refractivity contribution in [1.29, 1.82) is 0 Å². The molecule has 0 aliphatic carbocycles. The van der Waals surface area contributed by atoms with Gasteiger partial charge in [0, 0.05) is 25.0 Å². The molecule has 2 rings (SSSR count). The van der Waals surface area contributed by atoms with E-state index < -0.39 is 0 Å². The van der Waals surface area contributed by atoms with Gasteiger partial charge in [-0.15, -0.1) is 13.2 Å². The summed E-state index contributed by atoms with van der Waals surface area (Å²) in [6.45, 7) is 12.6. The minimum absolute atomic E-state index is 0.171. The van der Waals surface area contributed by atoms with Gasteiger partial charge in [0.15, 0.2) is 5.69 Å². The molecule has 1 amide bonds. The summed E-state index contributed by atoms with van der Waals surface area (Å²) >= 11 is 0. The van der Waals surface area contributed by atoms with Crippen molar-refractivity contribution in [3.05, 3.63) is 65.6 Å². The van der Waals surface area contributed by atoms with Crippen molar-refractivity contribution < 1.29 is 4.79 Å². The van der Waals surface area contributed by atoms with Crippen molar-refractivity contribution in [2.45, 2.75) is 20.4 Å². The van der Waals surface area contributed by atoms with Crippen LogP contribution in [0.2, 0.25) is 0 Å². The van der Waals surface area contributed by atoms with Gasteiger partial charge in [0.05, 0.1) is 5.39 Å². The van der Waals surface area contributed by atoms with Crippen LogP contribution in [-0.2, 0) is 6.54 Å². The van der Waals surface area contributed by atoms with Gasteiger partial charge in [-0.3, -0.25) is 9.59 Å². The van der Waals surface area contributed by atoms with Crippen LogP contribution in [0.3, 0.4) is 0 Å². The minimum atomic E-state index is -0.233. The Bertz CT molecular complexity index is 811. The topological polar surface area (TPSA) is 55.2 Å². The van der Waals surface area contributed by atoms with Crippen molar-refractivity contribution in [1.82, 2.24) is 14.7 Å². The lowest BCUT2D eigenvalue weighted by Crippen LogP contribution is -2.35. The summed E-state index contributed by atoms with van der Waals surface area (Å²) < 4.78 is 1.39. The number of nitrogens with zero attached hydrogens (tertiary/aromatic N) is 3. The summed E-state index contributed by atoms with van der Waals surface area (Å²) in [6.07, 6.45) is 3.32. The third-order valence-electron chi connectivity index (χ3n) is 3.59. The number of rotatable bonds is 7. The van der Waals surface area contributed by atoms with E-state index in [0.717, 1.165) is 0 Å². The number of fused-ring (bicyclic) bond motifs is 1. The first-order valence-corrected chi connectivity index (χ1v) is 8.00. The van der Waals surface area contributed by atoms with E-state index in [2.05, 4.69) is 18.3 Å². The molecule has 0 atom stereocenters. The van der Waals surface area contributed by atoms with Gasteiger partial charge in [0.25, 0.3) is 11.5 Å². The molecule has 2 aromatic rings. The Labute approximate surface area is 141 Å². The molecule has 1 heterocycles. The Morgan fingerprint density at radius 1 is 1.21 bits per heavy atom.